The highest BCUT2D eigenvalue weighted by atomic mass is 16.5. The van der Waals surface area contributed by atoms with E-state index in [4.69, 9.17) is 4.74 Å². The molecule has 0 aliphatic carbocycles. The largest absolute Gasteiger partial charge is 0.496 e. The Kier molecular flexibility index (Phi) is 6.52. The van der Waals surface area contributed by atoms with E-state index in [2.05, 4.69) is 47.1 Å². The first-order valence-electron chi connectivity index (χ1n) is 9.69. The minimum Gasteiger partial charge on any atom is -0.496 e. The topological polar surface area (TPSA) is 53.8 Å². The highest BCUT2D eigenvalue weighted by molar-refractivity contribution is 5.43. The second-order valence-electron chi connectivity index (χ2n) is 7.57. The van der Waals surface area contributed by atoms with Crippen molar-refractivity contribution in [2.45, 2.75) is 39.4 Å². The van der Waals surface area contributed by atoms with Crippen LogP contribution in [-0.4, -0.2) is 64.1 Å². The van der Waals surface area contributed by atoms with Gasteiger partial charge in [-0.05, 0) is 43.0 Å². The van der Waals surface area contributed by atoms with Crippen LogP contribution in [0.1, 0.15) is 28.7 Å². The molecule has 0 spiro atoms. The maximum Gasteiger partial charge on any atom is 0.122 e. The van der Waals surface area contributed by atoms with E-state index in [1.807, 2.05) is 17.9 Å². The van der Waals surface area contributed by atoms with Gasteiger partial charge in [0, 0.05) is 64.2 Å². The first-order valence-corrected chi connectivity index (χ1v) is 9.69. The summed E-state index contributed by atoms with van der Waals surface area (Å²) in [5, 5.41) is 13.8. The lowest BCUT2D eigenvalue weighted by Crippen LogP contribution is -2.52. The lowest BCUT2D eigenvalue weighted by atomic mass is 10.00. The second-order valence-corrected chi connectivity index (χ2v) is 7.57. The third-order valence-corrected chi connectivity index (χ3v) is 5.76. The smallest absolute Gasteiger partial charge is 0.122 e. The van der Waals surface area contributed by atoms with Crippen LogP contribution in [0, 0.1) is 13.8 Å². The summed E-state index contributed by atoms with van der Waals surface area (Å²) in [5.74, 6) is 0.949. The van der Waals surface area contributed by atoms with E-state index < -0.39 is 0 Å². The molecule has 1 aromatic heterocycles. The number of nitrogens with zero attached hydrogens (tertiary/aromatic N) is 4. The monoisotopic (exact) mass is 372 g/mol. The minimum atomic E-state index is 0.225. The summed E-state index contributed by atoms with van der Waals surface area (Å²) in [4.78, 5) is 4.99. The van der Waals surface area contributed by atoms with E-state index in [1.165, 1.54) is 22.3 Å². The predicted octanol–water partition coefficient (Wildman–Crippen LogP) is 2.11. The van der Waals surface area contributed by atoms with E-state index in [9.17, 15) is 5.11 Å². The fourth-order valence-electron chi connectivity index (χ4n) is 4.01. The molecule has 148 valence electrons. The van der Waals surface area contributed by atoms with Crippen LogP contribution in [0.5, 0.6) is 5.75 Å². The standard InChI is InChI=1S/C21H32N4O2/c1-16-17(2)21(27-4)6-5-19(16)14-25-9-8-24(15-20(25)7-10-26)13-18-11-22-23(3)12-18/h5-6,11-12,20,26H,7-10,13-15H2,1-4H3/t20-/m0/s1. The van der Waals surface area contributed by atoms with Gasteiger partial charge in [0.1, 0.15) is 5.75 Å². The van der Waals surface area contributed by atoms with Gasteiger partial charge < -0.3 is 9.84 Å². The van der Waals surface area contributed by atoms with E-state index in [1.54, 1.807) is 7.11 Å². The van der Waals surface area contributed by atoms with E-state index in [0.29, 0.717) is 6.04 Å². The zero-order valence-electron chi connectivity index (χ0n) is 17.0. The van der Waals surface area contributed by atoms with Gasteiger partial charge in [0.25, 0.3) is 0 Å². The number of aromatic nitrogens is 2. The first kappa shape index (κ1) is 19.9. The van der Waals surface area contributed by atoms with Gasteiger partial charge in [-0.1, -0.05) is 6.07 Å². The van der Waals surface area contributed by atoms with Crippen molar-refractivity contribution in [3.63, 3.8) is 0 Å². The lowest BCUT2D eigenvalue weighted by Gasteiger charge is -2.41. The van der Waals surface area contributed by atoms with Gasteiger partial charge in [0.15, 0.2) is 0 Å². The summed E-state index contributed by atoms with van der Waals surface area (Å²) in [5.41, 5.74) is 5.10. The van der Waals surface area contributed by atoms with Crippen LogP contribution in [0.4, 0.5) is 0 Å². The Morgan fingerprint density at radius 2 is 2.00 bits per heavy atom. The summed E-state index contributed by atoms with van der Waals surface area (Å²) in [6.45, 7) is 9.38. The van der Waals surface area contributed by atoms with Crippen molar-refractivity contribution >= 4 is 0 Å². The van der Waals surface area contributed by atoms with Crippen LogP contribution in [0.15, 0.2) is 24.5 Å². The summed E-state index contributed by atoms with van der Waals surface area (Å²) in [6, 6.07) is 4.61. The Bertz CT molecular complexity index is 759. The molecule has 0 amide bonds. The summed E-state index contributed by atoms with van der Waals surface area (Å²) < 4.78 is 7.30. The molecular formula is C21H32N4O2. The third kappa shape index (κ3) is 4.69. The molecule has 0 unspecified atom stereocenters. The molecule has 1 aliphatic heterocycles. The van der Waals surface area contributed by atoms with Crippen LogP contribution < -0.4 is 4.74 Å². The van der Waals surface area contributed by atoms with Crippen LogP contribution in [0.25, 0.3) is 0 Å². The van der Waals surface area contributed by atoms with Crippen LogP contribution in [0.2, 0.25) is 0 Å². The number of piperazine rings is 1. The number of hydrogen-bond acceptors (Lipinski definition) is 5. The molecule has 0 radical (unpaired) electrons. The molecule has 1 aliphatic rings. The Morgan fingerprint density at radius 3 is 2.67 bits per heavy atom. The van der Waals surface area contributed by atoms with Crippen molar-refractivity contribution in [2.75, 3.05) is 33.4 Å². The number of aryl methyl sites for hydroxylation is 1. The molecule has 27 heavy (non-hydrogen) atoms. The number of rotatable bonds is 7. The Labute approximate surface area is 162 Å². The van der Waals surface area contributed by atoms with E-state index in [0.717, 1.165) is 44.9 Å². The van der Waals surface area contributed by atoms with Gasteiger partial charge in [-0.3, -0.25) is 14.5 Å². The predicted molar refractivity (Wildman–Crippen MR) is 107 cm³/mol. The highest BCUT2D eigenvalue weighted by Gasteiger charge is 2.27. The number of aliphatic hydroxyl groups is 1. The van der Waals surface area contributed by atoms with Crippen molar-refractivity contribution in [1.29, 1.82) is 0 Å². The summed E-state index contributed by atoms with van der Waals surface area (Å²) in [7, 11) is 3.68. The molecule has 6 nitrogen and oxygen atoms in total. The fraction of sp³-hybridized carbons (Fsp3) is 0.571. The summed E-state index contributed by atoms with van der Waals surface area (Å²) >= 11 is 0. The highest BCUT2D eigenvalue weighted by Crippen LogP contribution is 2.26. The maximum absolute atomic E-state index is 9.57. The molecule has 2 aromatic rings. The number of ether oxygens (including phenoxy) is 1. The van der Waals surface area contributed by atoms with Gasteiger partial charge in [-0.15, -0.1) is 0 Å². The molecule has 2 heterocycles. The molecule has 1 saturated heterocycles. The molecular weight excluding hydrogens is 340 g/mol. The Morgan fingerprint density at radius 1 is 1.19 bits per heavy atom. The van der Waals surface area contributed by atoms with Gasteiger partial charge in [0.05, 0.1) is 13.3 Å². The fourth-order valence-corrected chi connectivity index (χ4v) is 4.01. The average Bonchev–Trinajstić information content (AvgIpc) is 3.06. The lowest BCUT2D eigenvalue weighted by molar-refractivity contribution is 0.0498. The molecule has 6 heteroatoms. The molecule has 1 aromatic carbocycles. The van der Waals surface area contributed by atoms with Crippen LogP contribution in [-0.2, 0) is 20.1 Å². The van der Waals surface area contributed by atoms with Gasteiger partial charge in [-0.2, -0.15) is 5.10 Å². The van der Waals surface area contributed by atoms with Crippen molar-refractivity contribution in [1.82, 2.24) is 19.6 Å². The minimum absolute atomic E-state index is 0.225. The van der Waals surface area contributed by atoms with Gasteiger partial charge >= 0.3 is 0 Å². The van der Waals surface area contributed by atoms with Crippen molar-refractivity contribution in [3.8, 4) is 5.75 Å². The van der Waals surface area contributed by atoms with Gasteiger partial charge in [-0.25, -0.2) is 0 Å². The maximum atomic E-state index is 9.57. The van der Waals surface area contributed by atoms with Crippen molar-refractivity contribution in [2.24, 2.45) is 7.05 Å². The number of aliphatic hydroxyl groups excluding tert-OH is 1. The first-order chi connectivity index (χ1) is 13.0. The quantitative estimate of drug-likeness (QED) is 0.807. The van der Waals surface area contributed by atoms with Crippen molar-refractivity contribution in [3.05, 3.63) is 46.8 Å². The zero-order valence-corrected chi connectivity index (χ0v) is 17.0. The molecule has 0 saturated carbocycles. The molecule has 1 atom stereocenters. The average molecular weight is 373 g/mol. The van der Waals surface area contributed by atoms with E-state index in [-0.39, 0.29) is 6.61 Å². The van der Waals surface area contributed by atoms with Crippen LogP contribution in [0.3, 0.4) is 0 Å². The molecule has 1 N–H and O–H groups in total. The normalized spacial score (nSPS) is 18.8. The van der Waals surface area contributed by atoms with Crippen LogP contribution >= 0.6 is 0 Å². The van der Waals surface area contributed by atoms with Crippen molar-refractivity contribution < 1.29 is 9.84 Å². The SMILES string of the molecule is COc1ccc(CN2CCN(Cc3cnn(C)c3)C[C@@H]2CCO)c(C)c1C. The third-order valence-electron chi connectivity index (χ3n) is 5.76. The van der Waals surface area contributed by atoms with Gasteiger partial charge in [0.2, 0.25) is 0 Å². The molecule has 0 bridgehead atoms. The zero-order chi connectivity index (χ0) is 19.4. The van der Waals surface area contributed by atoms with E-state index >= 15 is 0 Å². The second kappa shape index (κ2) is 8.87. The summed E-state index contributed by atoms with van der Waals surface area (Å²) in [6.07, 6.45) is 4.82. The number of methoxy groups -OCH3 is 1. The Balaban J connectivity index is 1.68. The number of benzene rings is 1. The Hall–Kier alpha value is -1.89. The molecule has 1 fully saturated rings. The molecule has 3 rings (SSSR count). The number of hydrogen-bond donors (Lipinski definition) is 1.